The normalized spacial score (nSPS) is 12.8. The number of nitrogens with one attached hydrogen (secondary N) is 1. The molecule has 124 valence electrons. The Morgan fingerprint density at radius 2 is 1.92 bits per heavy atom. The number of rotatable bonds is 4. The number of carbonyl (C=O) groups is 2. The number of carbonyl (C=O) groups excluding carboxylic acids is 2. The Morgan fingerprint density at radius 3 is 2.62 bits per heavy atom. The summed E-state index contributed by atoms with van der Waals surface area (Å²) in [4.78, 5) is 26.1. The second-order valence-electron chi connectivity index (χ2n) is 5.80. The standard InChI is InChI=1S/C19H19ClN2O2/c1-2-18(23)22-10-9-14-11-15(5-8-17(14)22)19(24)21-12-13-3-6-16(20)7-4-13/h3-8,11H,2,9-10,12H2,1H3,(H,21,24). The summed E-state index contributed by atoms with van der Waals surface area (Å²) in [7, 11) is 0. The van der Waals surface area contributed by atoms with Gasteiger partial charge in [-0.1, -0.05) is 30.7 Å². The average molecular weight is 343 g/mol. The molecule has 0 atom stereocenters. The Labute approximate surface area is 146 Å². The van der Waals surface area contributed by atoms with Gasteiger partial charge in [-0.2, -0.15) is 0 Å². The van der Waals surface area contributed by atoms with E-state index in [1.165, 1.54) is 0 Å². The number of hydrogen-bond donors (Lipinski definition) is 1. The molecule has 0 radical (unpaired) electrons. The Hall–Kier alpha value is -2.33. The van der Waals surface area contributed by atoms with E-state index in [1.807, 2.05) is 31.2 Å². The smallest absolute Gasteiger partial charge is 0.251 e. The van der Waals surface area contributed by atoms with Crippen molar-refractivity contribution in [1.29, 1.82) is 0 Å². The summed E-state index contributed by atoms with van der Waals surface area (Å²) >= 11 is 5.85. The van der Waals surface area contributed by atoms with Gasteiger partial charge >= 0.3 is 0 Å². The quantitative estimate of drug-likeness (QED) is 0.923. The van der Waals surface area contributed by atoms with Crippen LogP contribution in [0.25, 0.3) is 0 Å². The van der Waals surface area contributed by atoms with Crippen LogP contribution in [0.2, 0.25) is 5.02 Å². The molecule has 0 spiro atoms. The molecule has 0 unspecified atom stereocenters. The molecule has 0 saturated heterocycles. The molecule has 2 aromatic carbocycles. The highest BCUT2D eigenvalue weighted by Crippen LogP contribution is 2.29. The summed E-state index contributed by atoms with van der Waals surface area (Å²) in [5.41, 5.74) is 3.59. The zero-order chi connectivity index (χ0) is 17.1. The lowest BCUT2D eigenvalue weighted by Crippen LogP contribution is -2.27. The van der Waals surface area contributed by atoms with Crippen molar-refractivity contribution in [2.24, 2.45) is 0 Å². The minimum absolute atomic E-state index is 0.118. The van der Waals surface area contributed by atoms with Crippen LogP contribution < -0.4 is 10.2 Å². The largest absolute Gasteiger partial charge is 0.348 e. The summed E-state index contributed by atoms with van der Waals surface area (Å²) < 4.78 is 0. The van der Waals surface area contributed by atoms with Crippen LogP contribution in [0.1, 0.15) is 34.8 Å². The number of anilines is 1. The van der Waals surface area contributed by atoms with Gasteiger partial charge in [0.05, 0.1) is 0 Å². The van der Waals surface area contributed by atoms with Gasteiger partial charge in [0, 0.05) is 35.8 Å². The second kappa shape index (κ2) is 7.05. The van der Waals surface area contributed by atoms with Crippen LogP contribution in [0.4, 0.5) is 5.69 Å². The van der Waals surface area contributed by atoms with Crippen LogP contribution in [0, 0.1) is 0 Å². The van der Waals surface area contributed by atoms with Gasteiger partial charge in [0.2, 0.25) is 5.91 Å². The molecule has 24 heavy (non-hydrogen) atoms. The second-order valence-corrected chi connectivity index (χ2v) is 6.24. The van der Waals surface area contributed by atoms with E-state index < -0.39 is 0 Å². The van der Waals surface area contributed by atoms with E-state index in [-0.39, 0.29) is 11.8 Å². The molecule has 0 aliphatic carbocycles. The third-order valence-corrected chi connectivity index (χ3v) is 4.46. The Kier molecular flexibility index (Phi) is 4.86. The summed E-state index contributed by atoms with van der Waals surface area (Å²) in [6.07, 6.45) is 1.28. The van der Waals surface area contributed by atoms with Gasteiger partial charge in [-0.15, -0.1) is 0 Å². The van der Waals surface area contributed by atoms with Crippen LogP contribution >= 0.6 is 11.6 Å². The molecule has 1 aliphatic rings. The first-order valence-electron chi connectivity index (χ1n) is 8.04. The zero-order valence-electron chi connectivity index (χ0n) is 13.5. The SMILES string of the molecule is CCC(=O)N1CCc2cc(C(=O)NCc3ccc(Cl)cc3)ccc21. The van der Waals surface area contributed by atoms with Crippen molar-refractivity contribution < 1.29 is 9.59 Å². The van der Waals surface area contributed by atoms with E-state index in [0.717, 1.165) is 23.2 Å². The first kappa shape index (κ1) is 16.5. The highest BCUT2D eigenvalue weighted by Gasteiger charge is 2.24. The molecule has 2 amide bonds. The predicted molar refractivity (Wildman–Crippen MR) is 95.4 cm³/mol. The minimum Gasteiger partial charge on any atom is -0.348 e. The maximum Gasteiger partial charge on any atom is 0.251 e. The van der Waals surface area contributed by atoms with E-state index >= 15 is 0 Å². The van der Waals surface area contributed by atoms with E-state index in [1.54, 1.807) is 23.1 Å². The lowest BCUT2D eigenvalue weighted by Gasteiger charge is -2.16. The van der Waals surface area contributed by atoms with Gasteiger partial charge in [-0.05, 0) is 47.9 Å². The summed E-state index contributed by atoms with van der Waals surface area (Å²) in [5.74, 6) is 0.00158. The van der Waals surface area contributed by atoms with Crippen molar-refractivity contribution >= 4 is 29.1 Å². The van der Waals surface area contributed by atoms with Gasteiger partial charge < -0.3 is 10.2 Å². The van der Waals surface area contributed by atoms with E-state index in [9.17, 15) is 9.59 Å². The number of nitrogens with zero attached hydrogens (tertiary/aromatic N) is 1. The number of benzene rings is 2. The fourth-order valence-electron chi connectivity index (χ4n) is 2.88. The van der Waals surface area contributed by atoms with Crippen LogP contribution in [-0.2, 0) is 17.8 Å². The van der Waals surface area contributed by atoms with Crippen LogP contribution in [0.5, 0.6) is 0 Å². The van der Waals surface area contributed by atoms with Crippen LogP contribution in [0.3, 0.4) is 0 Å². The predicted octanol–water partition coefficient (Wildman–Crippen LogP) is 3.57. The molecule has 5 heteroatoms. The van der Waals surface area contributed by atoms with Crippen LogP contribution in [0.15, 0.2) is 42.5 Å². The van der Waals surface area contributed by atoms with Crippen molar-refractivity contribution in [1.82, 2.24) is 5.32 Å². The fourth-order valence-corrected chi connectivity index (χ4v) is 3.01. The van der Waals surface area contributed by atoms with Crippen molar-refractivity contribution in [3.05, 3.63) is 64.2 Å². The molecule has 0 fully saturated rings. The van der Waals surface area contributed by atoms with E-state index in [2.05, 4.69) is 5.32 Å². The molecule has 3 rings (SSSR count). The third kappa shape index (κ3) is 3.44. The Morgan fingerprint density at radius 1 is 1.17 bits per heavy atom. The summed E-state index contributed by atoms with van der Waals surface area (Å²) in [6.45, 7) is 3.00. The monoisotopic (exact) mass is 342 g/mol. The zero-order valence-corrected chi connectivity index (χ0v) is 14.3. The first-order valence-corrected chi connectivity index (χ1v) is 8.42. The highest BCUT2D eigenvalue weighted by molar-refractivity contribution is 6.30. The van der Waals surface area contributed by atoms with Crippen molar-refractivity contribution in [2.75, 3.05) is 11.4 Å². The number of hydrogen-bond acceptors (Lipinski definition) is 2. The number of halogens is 1. The number of fused-ring (bicyclic) bond motifs is 1. The molecular weight excluding hydrogens is 324 g/mol. The summed E-state index contributed by atoms with van der Waals surface area (Å²) in [6, 6.07) is 12.9. The highest BCUT2D eigenvalue weighted by atomic mass is 35.5. The third-order valence-electron chi connectivity index (χ3n) is 4.21. The molecule has 1 aliphatic heterocycles. The van der Waals surface area contributed by atoms with Gasteiger partial charge in [0.15, 0.2) is 0 Å². The topological polar surface area (TPSA) is 49.4 Å². The number of amides is 2. The van der Waals surface area contributed by atoms with Gasteiger partial charge in [0.1, 0.15) is 0 Å². The van der Waals surface area contributed by atoms with Gasteiger partial charge in [-0.25, -0.2) is 0 Å². The lowest BCUT2D eigenvalue weighted by molar-refractivity contribution is -0.118. The molecule has 0 bridgehead atoms. The molecular formula is C19H19ClN2O2. The summed E-state index contributed by atoms with van der Waals surface area (Å²) in [5, 5.41) is 3.58. The van der Waals surface area contributed by atoms with Crippen LogP contribution in [-0.4, -0.2) is 18.4 Å². The van der Waals surface area contributed by atoms with Crippen molar-refractivity contribution in [3.8, 4) is 0 Å². The average Bonchev–Trinajstić information content (AvgIpc) is 3.03. The maximum atomic E-state index is 12.3. The molecule has 2 aromatic rings. The van der Waals surface area contributed by atoms with Crippen molar-refractivity contribution in [3.63, 3.8) is 0 Å². The Balaban J connectivity index is 1.68. The minimum atomic E-state index is -0.118. The van der Waals surface area contributed by atoms with Gasteiger partial charge in [0.25, 0.3) is 5.91 Å². The lowest BCUT2D eigenvalue weighted by atomic mass is 10.1. The molecule has 4 nitrogen and oxygen atoms in total. The molecule has 1 N–H and O–H groups in total. The molecule has 0 saturated carbocycles. The molecule has 0 aromatic heterocycles. The Bertz CT molecular complexity index is 771. The van der Waals surface area contributed by atoms with E-state index in [0.29, 0.717) is 30.1 Å². The molecule has 1 heterocycles. The van der Waals surface area contributed by atoms with Crippen molar-refractivity contribution in [2.45, 2.75) is 26.3 Å². The first-order chi connectivity index (χ1) is 11.6. The van der Waals surface area contributed by atoms with E-state index in [4.69, 9.17) is 11.6 Å². The fraction of sp³-hybridized carbons (Fsp3) is 0.263. The van der Waals surface area contributed by atoms with Gasteiger partial charge in [-0.3, -0.25) is 9.59 Å². The maximum absolute atomic E-state index is 12.3.